The standard InChI is InChI=1S/C39H37N6O3PS2/c1-40-38(50)44-42-36(30-22-24-31(25-23-30)37(46)47)35(29-14-6-2-7-15-29)43-45-39(51)41-26-27-48-28-49(32-16-8-3-9-17-32,33-18-10-4-11-19-33)34-20-12-5-13-21-34/h2-25H,26-28H2,1H3,(H4-,40,41,42,43,44,45,46,47,50,51)/p+1. The third-order valence-electron chi connectivity index (χ3n) is 7.85. The first kappa shape index (κ1) is 36.9. The second-order valence-electron chi connectivity index (χ2n) is 11.1. The zero-order chi connectivity index (χ0) is 35.9. The average molecular weight is 734 g/mol. The van der Waals surface area contributed by atoms with Gasteiger partial charge in [0.15, 0.2) is 16.6 Å². The van der Waals surface area contributed by atoms with Gasteiger partial charge < -0.3 is 20.5 Å². The molecule has 0 aromatic heterocycles. The Bertz CT molecular complexity index is 1870. The molecule has 5 aromatic rings. The van der Waals surface area contributed by atoms with Crippen LogP contribution >= 0.6 is 31.7 Å². The Hall–Kier alpha value is -5.32. The molecule has 0 saturated carbocycles. The zero-order valence-corrected chi connectivity index (χ0v) is 30.4. The molecule has 0 aliphatic heterocycles. The topological polar surface area (TPSA) is 119 Å². The number of carboxylic acid groups (broad SMARTS) is 1. The Morgan fingerprint density at radius 3 is 1.49 bits per heavy atom. The van der Waals surface area contributed by atoms with Gasteiger partial charge in [-0.25, -0.2) is 4.79 Å². The van der Waals surface area contributed by atoms with E-state index in [-0.39, 0.29) is 5.56 Å². The first-order valence-electron chi connectivity index (χ1n) is 16.1. The van der Waals surface area contributed by atoms with Crippen LogP contribution in [0.4, 0.5) is 0 Å². The molecule has 0 amide bonds. The molecule has 5 rings (SSSR count). The number of hydrazone groups is 2. The number of nitrogens with zero attached hydrogens (tertiary/aromatic N) is 2. The van der Waals surface area contributed by atoms with Crippen LogP contribution in [0.15, 0.2) is 156 Å². The Kier molecular flexibility index (Phi) is 13.5. The average Bonchev–Trinajstić information content (AvgIpc) is 3.19. The molecule has 0 spiro atoms. The Balaban J connectivity index is 1.32. The molecule has 0 aliphatic carbocycles. The number of rotatable bonds is 14. The first-order valence-corrected chi connectivity index (χ1v) is 18.9. The maximum atomic E-state index is 11.5. The fraction of sp³-hybridized carbons (Fsp3) is 0.103. The van der Waals surface area contributed by atoms with Gasteiger partial charge in [-0.15, -0.1) is 0 Å². The predicted molar refractivity (Wildman–Crippen MR) is 217 cm³/mol. The summed E-state index contributed by atoms with van der Waals surface area (Å²) in [5, 5.41) is 29.0. The van der Waals surface area contributed by atoms with Crippen LogP contribution in [0.3, 0.4) is 0 Å². The molecule has 258 valence electrons. The van der Waals surface area contributed by atoms with Crippen molar-refractivity contribution in [1.82, 2.24) is 21.5 Å². The highest BCUT2D eigenvalue weighted by molar-refractivity contribution is 7.95. The summed E-state index contributed by atoms with van der Waals surface area (Å²) in [6.45, 7) is 0.843. The number of thiocarbonyl (C=S) groups is 2. The van der Waals surface area contributed by atoms with E-state index in [4.69, 9.17) is 29.2 Å². The molecule has 0 heterocycles. The second-order valence-corrected chi connectivity index (χ2v) is 15.3. The molecule has 51 heavy (non-hydrogen) atoms. The number of ether oxygens (including phenoxy) is 1. The summed E-state index contributed by atoms with van der Waals surface area (Å²) >= 11 is 10.9. The van der Waals surface area contributed by atoms with Gasteiger partial charge in [0, 0.05) is 24.7 Å². The van der Waals surface area contributed by atoms with Crippen LogP contribution in [0.1, 0.15) is 21.5 Å². The van der Waals surface area contributed by atoms with Crippen molar-refractivity contribution in [2.45, 2.75) is 0 Å². The highest BCUT2D eigenvalue weighted by atomic mass is 32.1. The number of hydrogen-bond acceptors (Lipinski definition) is 6. The van der Waals surface area contributed by atoms with Crippen molar-refractivity contribution in [3.05, 3.63) is 162 Å². The summed E-state index contributed by atoms with van der Waals surface area (Å²) in [4.78, 5) is 11.5. The Morgan fingerprint density at radius 1 is 0.627 bits per heavy atom. The van der Waals surface area contributed by atoms with Crippen LogP contribution in [0.2, 0.25) is 0 Å². The number of carboxylic acids is 1. The van der Waals surface area contributed by atoms with E-state index in [1.54, 1.807) is 19.2 Å². The van der Waals surface area contributed by atoms with Gasteiger partial charge in [-0.2, -0.15) is 10.2 Å². The molecule has 0 saturated heterocycles. The van der Waals surface area contributed by atoms with Crippen LogP contribution in [0.5, 0.6) is 0 Å². The van der Waals surface area contributed by atoms with E-state index in [9.17, 15) is 9.90 Å². The summed E-state index contributed by atoms with van der Waals surface area (Å²) in [5.41, 5.74) is 8.16. The van der Waals surface area contributed by atoms with Crippen molar-refractivity contribution in [2.24, 2.45) is 10.2 Å². The number of hydrogen-bond donors (Lipinski definition) is 5. The number of benzene rings is 5. The van der Waals surface area contributed by atoms with Gasteiger partial charge in [0.25, 0.3) is 0 Å². The molecule has 0 radical (unpaired) electrons. The number of aromatic carboxylic acids is 1. The van der Waals surface area contributed by atoms with E-state index in [1.807, 2.05) is 48.5 Å². The van der Waals surface area contributed by atoms with Crippen LogP contribution in [-0.4, -0.2) is 59.3 Å². The van der Waals surface area contributed by atoms with Gasteiger partial charge in [0.1, 0.15) is 34.6 Å². The van der Waals surface area contributed by atoms with Gasteiger partial charge >= 0.3 is 5.97 Å². The maximum Gasteiger partial charge on any atom is 0.335 e. The van der Waals surface area contributed by atoms with Gasteiger partial charge in [-0.1, -0.05) is 97.1 Å². The van der Waals surface area contributed by atoms with Gasteiger partial charge in [0.2, 0.25) is 0 Å². The Morgan fingerprint density at radius 2 is 1.04 bits per heavy atom. The molecule has 0 fully saturated rings. The van der Waals surface area contributed by atoms with E-state index in [0.29, 0.717) is 46.7 Å². The molecule has 0 atom stereocenters. The van der Waals surface area contributed by atoms with Crippen LogP contribution in [-0.2, 0) is 4.74 Å². The third kappa shape index (κ3) is 9.68. The molecule has 0 aliphatic rings. The van der Waals surface area contributed by atoms with Gasteiger partial charge in [0.05, 0.1) is 12.2 Å². The van der Waals surface area contributed by atoms with E-state index < -0.39 is 13.2 Å². The lowest BCUT2D eigenvalue weighted by Gasteiger charge is -2.27. The minimum absolute atomic E-state index is 0.149. The minimum Gasteiger partial charge on any atom is -0.478 e. The van der Waals surface area contributed by atoms with Crippen molar-refractivity contribution < 1.29 is 14.6 Å². The summed E-state index contributed by atoms with van der Waals surface area (Å²) in [6, 6.07) is 47.6. The molecule has 0 unspecified atom stereocenters. The van der Waals surface area contributed by atoms with Gasteiger partial charge in [-0.3, -0.25) is 10.9 Å². The van der Waals surface area contributed by atoms with E-state index in [0.717, 1.165) is 5.56 Å². The number of carbonyl (C=O) groups is 1. The highest BCUT2D eigenvalue weighted by Gasteiger charge is 2.45. The third-order valence-corrected chi connectivity index (χ3v) is 12.5. The first-order chi connectivity index (χ1) is 24.9. The zero-order valence-electron chi connectivity index (χ0n) is 27.9. The summed E-state index contributed by atoms with van der Waals surface area (Å²) in [7, 11) is -0.447. The normalized spacial score (nSPS) is 11.7. The molecular formula is C39H38N6O3PS2+. The summed E-state index contributed by atoms with van der Waals surface area (Å²) in [5.74, 6) is -1.03. The van der Waals surface area contributed by atoms with Crippen LogP contribution in [0, 0.1) is 0 Å². The van der Waals surface area contributed by atoms with Crippen molar-refractivity contribution in [3.63, 3.8) is 0 Å². The number of nitrogens with one attached hydrogen (secondary N) is 4. The molecular weight excluding hydrogens is 696 g/mol. The molecule has 12 heteroatoms. The molecule has 5 N–H and O–H groups in total. The highest BCUT2D eigenvalue weighted by Crippen LogP contribution is 2.55. The minimum atomic E-state index is -2.13. The van der Waals surface area contributed by atoms with Crippen LogP contribution in [0.25, 0.3) is 0 Å². The molecule has 5 aromatic carbocycles. The summed E-state index contributed by atoms with van der Waals surface area (Å²) < 4.78 is 6.47. The summed E-state index contributed by atoms with van der Waals surface area (Å²) in [6.07, 6.45) is 0.519. The smallest absolute Gasteiger partial charge is 0.335 e. The Labute approximate surface area is 309 Å². The fourth-order valence-electron chi connectivity index (χ4n) is 5.34. The second kappa shape index (κ2) is 18.6. The fourth-order valence-corrected chi connectivity index (χ4v) is 9.32. The van der Waals surface area contributed by atoms with Crippen LogP contribution < -0.4 is 37.4 Å². The predicted octanol–water partition coefficient (Wildman–Crippen LogP) is 5.02. The largest absolute Gasteiger partial charge is 0.478 e. The van der Waals surface area contributed by atoms with Crippen molar-refractivity contribution in [2.75, 3.05) is 26.5 Å². The van der Waals surface area contributed by atoms with E-state index in [1.165, 1.54) is 28.0 Å². The monoisotopic (exact) mass is 733 g/mol. The van der Waals surface area contributed by atoms with Crippen molar-refractivity contribution in [1.29, 1.82) is 0 Å². The lowest BCUT2D eigenvalue weighted by Crippen LogP contribution is -2.37. The quantitative estimate of drug-likeness (QED) is 0.0353. The molecule has 9 nitrogen and oxygen atoms in total. The lowest BCUT2D eigenvalue weighted by atomic mass is 9.99. The van der Waals surface area contributed by atoms with Crippen molar-refractivity contribution >= 4 is 75.2 Å². The van der Waals surface area contributed by atoms with Crippen molar-refractivity contribution in [3.8, 4) is 0 Å². The SMILES string of the molecule is CNC(=S)N/N=C(/C(=N/NC(=S)NCCOC[P+](c1ccccc1)(c1ccccc1)c1ccccc1)c1ccccc1)c1ccc(C(=O)O)cc1. The van der Waals surface area contributed by atoms with Gasteiger partial charge in [-0.05, 0) is 73.0 Å². The van der Waals surface area contributed by atoms with E-state index in [2.05, 4.69) is 104 Å². The maximum absolute atomic E-state index is 11.5. The molecule has 0 bridgehead atoms. The lowest BCUT2D eigenvalue weighted by molar-refractivity contribution is 0.0697. The van der Waals surface area contributed by atoms with E-state index >= 15 is 0 Å².